The molecule has 0 amide bonds. The summed E-state index contributed by atoms with van der Waals surface area (Å²) in [6, 6.07) is 3.59. The number of hydrogen-bond donors (Lipinski definition) is 0. The van der Waals surface area contributed by atoms with Gasteiger partial charge in [-0.2, -0.15) is 18.8 Å². The van der Waals surface area contributed by atoms with Gasteiger partial charge in [0.05, 0.1) is 29.0 Å². The van der Waals surface area contributed by atoms with Gasteiger partial charge in [-0.25, -0.2) is 17.2 Å². The predicted molar refractivity (Wildman–Crippen MR) is 141 cm³/mol. The summed E-state index contributed by atoms with van der Waals surface area (Å²) in [5, 5.41) is 27.1. The number of anilines is 1. The van der Waals surface area contributed by atoms with Crippen molar-refractivity contribution in [2.75, 3.05) is 31.1 Å². The molecule has 3 heterocycles. The van der Waals surface area contributed by atoms with Crippen molar-refractivity contribution in [2.24, 2.45) is 0 Å². The normalized spacial score (nSPS) is 16.7. The number of aromatic nitrogens is 3. The van der Waals surface area contributed by atoms with E-state index in [2.05, 4.69) is 5.10 Å². The van der Waals surface area contributed by atoms with Gasteiger partial charge in [0.25, 0.3) is 5.69 Å². The molecule has 5 rings (SSSR count). The Hall–Kier alpha value is -4.18. The second-order valence-electron chi connectivity index (χ2n) is 9.84. The molecule has 1 aromatic carbocycles. The number of nitrogens with zero attached hydrogens (tertiary/aromatic N) is 6. The van der Waals surface area contributed by atoms with Gasteiger partial charge in [-0.05, 0) is 37.8 Å². The zero-order valence-electron chi connectivity index (χ0n) is 21.7. The molecule has 2 aromatic heterocycles. The number of hydrogen-bond acceptors (Lipinski definition) is 9. The molecule has 13 nitrogen and oxygen atoms in total. The molecule has 0 N–H and O–H groups in total. The number of nitro groups is 1. The summed E-state index contributed by atoms with van der Waals surface area (Å²) in [4.78, 5) is 25.8. The van der Waals surface area contributed by atoms with E-state index in [0.717, 1.165) is 65.3 Å². The van der Waals surface area contributed by atoms with Crippen LogP contribution in [-0.2, 0) is 15.8 Å². The van der Waals surface area contributed by atoms with E-state index < -0.39 is 43.6 Å². The van der Waals surface area contributed by atoms with E-state index >= 15 is 0 Å². The van der Waals surface area contributed by atoms with Gasteiger partial charge >= 0.3 is 5.56 Å². The Morgan fingerprint density at radius 2 is 1.76 bits per heavy atom. The molecule has 3 aromatic rings. The number of piperazine rings is 1. The van der Waals surface area contributed by atoms with Crippen molar-refractivity contribution in [3.63, 3.8) is 0 Å². The van der Waals surface area contributed by atoms with Crippen molar-refractivity contribution in [1.82, 2.24) is 14.1 Å². The van der Waals surface area contributed by atoms with E-state index in [1.165, 1.54) is 6.20 Å². The average Bonchev–Trinajstić information content (AvgIpc) is 3.42. The van der Waals surface area contributed by atoms with Crippen molar-refractivity contribution >= 4 is 21.4 Å². The quantitative estimate of drug-likeness (QED) is 0.165. The molecule has 0 bridgehead atoms. The van der Waals surface area contributed by atoms with Crippen molar-refractivity contribution in [3.05, 3.63) is 85.7 Å². The second kappa shape index (κ2) is 11.4. The number of halogens is 2. The molecular weight excluding hydrogens is 566 g/mol. The maximum atomic E-state index is 13.9. The first-order valence-corrected chi connectivity index (χ1v) is 14.5. The van der Waals surface area contributed by atoms with Crippen LogP contribution in [0.5, 0.6) is 5.75 Å². The fraction of sp³-hybridized carbons (Fsp3) is 0.400. The molecule has 0 unspecified atom stereocenters. The lowest BCUT2D eigenvalue weighted by Gasteiger charge is -2.36. The molecule has 1 saturated heterocycles. The van der Waals surface area contributed by atoms with Gasteiger partial charge in [0, 0.05) is 32.2 Å². The van der Waals surface area contributed by atoms with E-state index in [4.69, 9.17) is 4.74 Å². The lowest BCUT2D eigenvalue weighted by Crippen LogP contribution is -2.49. The molecule has 1 saturated carbocycles. The Kier molecular flexibility index (Phi) is 7.86. The van der Waals surface area contributed by atoms with Crippen LogP contribution in [0.1, 0.15) is 31.2 Å². The number of benzene rings is 1. The monoisotopic (exact) mass is 592 g/mol. The standard InChI is InChI=1S/C25H26F2N6O7S/c26-18-11-19(27)13-20(12-18)32-25(34)24(40-21-3-1-2-4-21)23(14-28-32)29-7-9-31(10-8-29)41(38,39)16-17-15-30(35)6-5-22(17)33(36)37/h5-6,11-15,21H,1-4,7-10,16H2. The highest BCUT2D eigenvalue weighted by molar-refractivity contribution is 7.88. The SMILES string of the molecule is O=c1c(OC2CCCC2)c(N2CCN(S(=O)(=O)Cc3c[n+]([O-])ccc3[N+](=O)[O-])CC2)cnn1-c1cc(F)cc(F)c1. The molecule has 0 atom stereocenters. The molecule has 2 aliphatic rings. The Bertz CT molecular complexity index is 1620. The summed E-state index contributed by atoms with van der Waals surface area (Å²) >= 11 is 0. The second-order valence-corrected chi connectivity index (χ2v) is 11.8. The van der Waals surface area contributed by atoms with Gasteiger partial charge in [-0.1, -0.05) is 0 Å². The molecule has 0 spiro atoms. The molecule has 1 aliphatic heterocycles. The zero-order chi connectivity index (χ0) is 29.3. The first-order chi connectivity index (χ1) is 19.5. The Morgan fingerprint density at radius 3 is 2.39 bits per heavy atom. The van der Waals surface area contributed by atoms with Gasteiger partial charge < -0.3 is 14.8 Å². The van der Waals surface area contributed by atoms with Crippen molar-refractivity contribution in [1.29, 1.82) is 0 Å². The molecule has 0 radical (unpaired) electrons. The molecule has 1 aliphatic carbocycles. The fourth-order valence-corrected chi connectivity index (χ4v) is 6.60. The Balaban J connectivity index is 1.39. The number of pyridine rings is 1. The minimum atomic E-state index is -4.04. The van der Waals surface area contributed by atoms with E-state index in [0.29, 0.717) is 16.5 Å². The van der Waals surface area contributed by atoms with Crippen LogP contribution in [0.4, 0.5) is 20.2 Å². The third-order valence-corrected chi connectivity index (χ3v) is 8.92. The van der Waals surface area contributed by atoms with Crippen LogP contribution in [0, 0.1) is 27.0 Å². The maximum absolute atomic E-state index is 13.9. The summed E-state index contributed by atoms with van der Waals surface area (Å²) in [6.07, 6.45) is 6.23. The summed E-state index contributed by atoms with van der Waals surface area (Å²) in [5.41, 5.74) is -1.21. The highest BCUT2D eigenvalue weighted by Crippen LogP contribution is 2.31. The largest absolute Gasteiger partial charge is 0.619 e. The summed E-state index contributed by atoms with van der Waals surface area (Å²) < 4.78 is 62.4. The number of rotatable bonds is 8. The Morgan fingerprint density at radius 1 is 1.10 bits per heavy atom. The van der Waals surface area contributed by atoms with Crippen LogP contribution in [0.25, 0.3) is 5.69 Å². The highest BCUT2D eigenvalue weighted by Gasteiger charge is 2.33. The van der Waals surface area contributed by atoms with E-state index in [9.17, 15) is 37.3 Å². The van der Waals surface area contributed by atoms with Gasteiger partial charge in [0.2, 0.25) is 15.8 Å². The van der Waals surface area contributed by atoms with E-state index in [1.807, 2.05) is 0 Å². The van der Waals surface area contributed by atoms with Crippen molar-refractivity contribution in [2.45, 2.75) is 37.5 Å². The molecule has 2 fully saturated rings. The van der Waals surface area contributed by atoms with Crippen molar-refractivity contribution in [3.8, 4) is 11.4 Å². The van der Waals surface area contributed by atoms with Gasteiger partial charge in [-0.3, -0.25) is 14.9 Å². The third kappa shape index (κ3) is 6.12. The topological polar surface area (TPSA) is 155 Å². The smallest absolute Gasteiger partial charge is 0.316 e. The van der Waals surface area contributed by atoms with Gasteiger partial charge in [0.15, 0.2) is 12.4 Å². The predicted octanol–water partition coefficient (Wildman–Crippen LogP) is 2.03. The minimum Gasteiger partial charge on any atom is -0.619 e. The van der Waals surface area contributed by atoms with Crippen LogP contribution >= 0.6 is 0 Å². The van der Waals surface area contributed by atoms with Crippen LogP contribution in [-0.4, -0.2) is 59.7 Å². The molecule has 41 heavy (non-hydrogen) atoms. The van der Waals surface area contributed by atoms with Crippen LogP contribution in [0.2, 0.25) is 0 Å². The van der Waals surface area contributed by atoms with Crippen molar-refractivity contribution < 1.29 is 31.6 Å². The molecule has 218 valence electrons. The maximum Gasteiger partial charge on any atom is 0.316 e. The fourth-order valence-electron chi connectivity index (χ4n) is 5.08. The summed E-state index contributed by atoms with van der Waals surface area (Å²) in [6.45, 7) is 0.250. The lowest BCUT2D eigenvalue weighted by atomic mass is 10.2. The average molecular weight is 593 g/mol. The van der Waals surface area contributed by atoms with Gasteiger partial charge in [0.1, 0.15) is 28.6 Å². The number of ether oxygens (including phenoxy) is 1. The number of sulfonamides is 1. The van der Waals surface area contributed by atoms with Gasteiger partial charge in [-0.15, -0.1) is 0 Å². The summed E-state index contributed by atoms with van der Waals surface area (Å²) in [5.74, 6) is -2.53. The van der Waals surface area contributed by atoms with E-state index in [-0.39, 0.29) is 49.3 Å². The lowest BCUT2D eigenvalue weighted by molar-refractivity contribution is -0.606. The summed E-state index contributed by atoms with van der Waals surface area (Å²) in [7, 11) is -4.04. The minimum absolute atomic E-state index is 0.0125. The van der Waals surface area contributed by atoms with Crippen LogP contribution < -0.4 is 19.9 Å². The van der Waals surface area contributed by atoms with E-state index in [1.54, 1.807) is 4.90 Å². The highest BCUT2D eigenvalue weighted by atomic mass is 32.2. The molecular formula is C25H26F2N6O7S. The molecule has 16 heteroatoms. The Labute approximate surface area is 233 Å². The first-order valence-electron chi connectivity index (χ1n) is 12.9. The zero-order valence-corrected chi connectivity index (χ0v) is 22.5. The first kappa shape index (κ1) is 28.4. The third-order valence-electron chi connectivity index (χ3n) is 7.09. The van der Waals surface area contributed by atoms with Crippen LogP contribution in [0.3, 0.4) is 0 Å². The van der Waals surface area contributed by atoms with Crippen LogP contribution in [0.15, 0.2) is 47.7 Å².